The fourth-order valence-electron chi connectivity index (χ4n) is 1.69. The van der Waals surface area contributed by atoms with Crippen LogP contribution in [0.15, 0.2) is 16.8 Å². The molecule has 1 atom stereocenters. The molecule has 1 aromatic rings. The van der Waals surface area contributed by atoms with E-state index in [1.165, 1.54) is 5.56 Å². The second-order valence-corrected chi connectivity index (χ2v) is 4.81. The van der Waals surface area contributed by atoms with E-state index in [0.717, 1.165) is 0 Å². The molecular formula is C11H16ClNOS. The molecule has 0 bridgehead atoms. The lowest BCUT2D eigenvalue weighted by Gasteiger charge is -2.32. The highest BCUT2D eigenvalue weighted by atomic mass is 35.5. The monoisotopic (exact) mass is 245 g/mol. The van der Waals surface area contributed by atoms with Crippen LogP contribution in [0.4, 0.5) is 0 Å². The summed E-state index contributed by atoms with van der Waals surface area (Å²) in [5.74, 6) is 0.0394. The number of amides is 1. The second-order valence-electron chi connectivity index (χ2n) is 3.76. The lowest BCUT2D eigenvalue weighted by molar-refractivity contribution is -0.132. The normalized spacial score (nSPS) is 12.9. The Bertz CT molecular complexity index is 310. The van der Waals surface area contributed by atoms with Gasteiger partial charge in [-0.15, -0.1) is 11.6 Å². The molecule has 0 radical (unpaired) electrons. The Kier molecular flexibility index (Phi) is 4.61. The third kappa shape index (κ3) is 2.95. The van der Waals surface area contributed by atoms with Crippen molar-refractivity contribution in [3.63, 3.8) is 0 Å². The summed E-state index contributed by atoms with van der Waals surface area (Å²) in [4.78, 5) is 13.5. The maximum Gasteiger partial charge on any atom is 0.238 e. The van der Waals surface area contributed by atoms with Gasteiger partial charge in [0, 0.05) is 6.04 Å². The first kappa shape index (κ1) is 12.5. The van der Waals surface area contributed by atoms with E-state index in [1.807, 2.05) is 37.1 Å². The van der Waals surface area contributed by atoms with E-state index < -0.39 is 0 Å². The molecule has 0 aliphatic carbocycles. The number of carbonyl (C=O) groups excluding carboxylic acids is 1. The van der Waals surface area contributed by atoms with Gasteiger partial charge in [-0.05, 0) is 43.2 Å². The summed E-state index contributed by atoms with van der Waals surface area (Å²) in [6.45, 7) is 6.05. The van der Waals surface area contributed by atoms with Crippen molar-refractivity contribution in [2.24, 2.45) is 0 Å². The molecule has 1 rings (SSSR count). The first-order chi connectivity index (χ1) is 7.07. The van der Waals surface area contributed by atoms with Crippen molar-refractivity contribution >= 4 is 28.8 Å². The van der Waals surface area contributed by atoms with E-state index in [0.29, 0.717) is 0 Å². The van der Waals surface area contributed by atoms with Crippen molar-refractivity contribution in [3.05, 3.63) is 22.4 Å². The summed E-state index contributed by atoms with van der Waals surface area (Å²) in [6, 6.07) is 2.32. The molecule has 1 aromatic heterocycles. The summed E-state index contributed by atoms with van der Waals surface area (Å²) >= 11 is 7.25. The second kappa shape index (κ2) is 5.52. The van der Waals surface area contributed by atoms with Crippen LogP contribution in [0.25, 0.3) is 0 Å². The number of hydrogen-bond acceptors (Lipinski definition) is 2. The van der Waals surface area contributed by atoms with Crippen molar-refractivity contribution in [3.8, 4) is 0 Å². The molecule has 0 aromatic carbocycles. The summed E-state index contributed by atoms with van der Waals surface area (Å²) < 4.78 is 0. The smallest absolute Gasteiger partial charge is 0.238 e. The van der Waals surface area contributed by atoms with Crippen LogP contribution >= 0.6 is 22.9 Å². The highest BCUT2D eigenvalue weighted by Gasteiger charge is 2.23. The van der Waals surface area contributed by atoms with Gasteiger partial charge in [-0.2, -0.15) is 11.3 Å². The molecule has 0 aliphatic rings. The van der Waals surface area contributed by atoms with Gasteiger partial charge < -0.3 is 4.90 Å². The van der Waals surface area contributed by atoms with Crippen LogP contribution in [0.2, 0.25) is 0 Å². The van der Waals surface area contributed by atoms with Gasteiger partial charge in [0.25, 0.3) is 0 Å². The molecule has 0 fully saturated rings. The number of carbonyl (C=O) groups is 1. The van der Waals surface area contributed by atoms with Crippen molar-refractivity contribution in [2.75, 3.05) is 5.88 Å². The molecule has 15 heavy (non-hydrogen) atoms. The van der Waals surface area contributed by atoms with Crippen LogP contribution in [-0.2, 0) is 4.79 Å². The fourth-order valence-corrected chi connectivity index (χ4v) is 2.58. The van der Waals surface area contributed by atoms with Crippen molar-refractivity contribution in [1.82, 2.24) is 4.90 Å². The van der Waals surface area contributed by atoms with Crippen LogP contribution in [0, 0.1) is 0 Å². The maximum absolute atomic E-state index is 11.7. The standard InChI is InChI=1S/C11H16ClNOS/c1-8(2)13(11(14)6-12)9(3)10-4-5-15-7-10/h4-5,7-9H,6H2,1-3H3. The molecule has 0 saturated heterocycles. The van der Waals surface area contributed by atoms with E-state index in [4.69, 9.17) is 11.6 Å². The molecule has 2 nitrogen and oxygen atoms in total. The summed E-state index contributed by atoms with van der Waals surface area (Å²) in [6.07, 6.45) is 0. The fraction of sp³-hybridized carbons (Fsp3) is 0.545. The van der Waals surface area contributed by atoms with Gasteiger partial charge in [-0.3, -0.25) is 4.79 Å². The summed E-state index contributed by atoms with van der Waals surface area (Å²) in [5.41, 5.74) is 1.17. The quantitative estimate of drug-likeness (QED) is 0.746. The third-order valence-electron chi connectivity index (χ3n) is 2.40. The van der Waals surface area contributed by atoms with Crippen LogP contribution in [-0.4, -0.2) is 22.7 Å². The zero-order valence-corrected chi connectivity index (χ0v) is 10.8. The Morgan fingerprint density at radius 2 is 2.20 bits per heavy atom. The Labute approximate surface area is 99.9 Å². The number of rotatable bonds is 4. The van der Waals surface area contributed by atoms with E-state index in [1.54, 1.807) is 11.3 Å². The molecule has 0 spiro atoms. The van der Waals surface area contributed by atoms with Crippen LogP contribution < -0.4 is 0 Å². The Balaban J connectivity index is 2.85. The lowest BCUT2D eigenvalue weighted by atomic mass is 10.1. The first-order valence-electron chi connectivity index (χ1n) is 4.97. The van der Waals surface area contributed by atoms with Crippen molar-refractivity contribution < 1.29 is 4.79 Å². The molecule has 1 heterocycles. The number of thiophene rings is 1. The Morgan fingerprint density at radius 1 is 1.53 bits per heavy atom. The molecule has 1 amide bonds. The molecule has 0 N–H and O–H groups in total. The van der Waals surface area contributed by atoms with Crippen LogP contribution in [0.1, 0.15) is 32.4 Å². The van der Waals surface area contributed by atoms with Gasteiger partial charge in [-0.25, -0.2) is 0 Å². The van der Waals surface area contributed by atoms with Crippen molar-refractivity contribution in [1.29, 1.82) is 0 Å². The van der Waals surface area contributed by atoms with Gasteiger partial charge in [0.1, 0.15) is 5.88 Å². The SMILES string of the molecule is CC(C)N(C(=O)CCl)C(C)c1ccsc1. The largest absolute Gasteiger partial charge is 0.332 e. The molecular weight excluding hydrogens is 230 g/mol. The van der Waals surface area contributed by atoms with Crippen LogP contribution in [0.5, 0.6) is 0 Å². The van der Waals surface area contributed by atoms with Gasteiger partial charge in [0.05, 0.1) is 6.04 Å². The van der Waals surface area contributed by atoms with E-state index >= 15 is 0 Å². The summed E-state index contributed by atoms with van der Waals surface area (Å²) in [7, 11) is 0. The number of nitrogens with zero attached hydrogens (tertiary/aromatic N) is 1. The Hall–Kier alpha value is -0.540. The average molecular weight is 246 g/mol. The highest BCUT2D eigenvalue weighted by molar-refractivity contribution is 7.07. The van der Waals surface area contributed by atoms with E-state index in [2.05, 4.69) is 5.38 Å². The number of halogens is 1. The zero-order chi connectivity index (χ0) is 11.4. The minimum atomic E-state index is -0.00892. The molecule has 0 aliphatic heterocycles. The van der Waals surface area contributed by atoms with Crippen molar-refractivity contribution in [2.45, 2.75) is 32.9 Å². The number of hydrogen-bond donors (Lipinski definition) is 0. The third-order valence-corrected chi connectivity index (χ3v) is 3.33. The van der Waals surface area contributed by atoms with Gasteiger partial charge in [0.15, 0.2) is 0 Å². The van der Waals surface area contributed by atoms with Gasteiger partial charge in [-0.1, -0.05) is 0 Å². The molecule has 0 saturated carbocycles. The number of alkyl halides is 1. The van der Waals surface area contributed by atoms with Crippen LogP contribution in [0.3, 0.4) is 0 Å². The van der Waals surface area contributed by atoms with E-state index in [9.17, 15) is 4.79 Å². The molecule has 84 valence electrons. The van der Waals surface area contributed by atoms with Gasteiger partial charge >= 0.3 is 0 Å². The minimum Gasteiger partial charge on any atom is -0.332 e. The highest BCUT2D eigenvalue weighted by Crippen LogP contribution is 2.24. The van der Waals surface area contributed by atoms with Gasteiger partial charge in [0.2, 0.25) is 5.91 Å². The van der Waals surface area contributed by atoms with E-state index in [-0.39, 0.29) is 23.9 Å². The summed E-state index contributed by atoms with van der Waals surface area (Å²) in [5, 5.41) is 4.09. The topological polar surface area (TPSA) is 20.3 Å². The average Bonchev–Trinajstić information content (AvgIpc) is 2.69. The predicted molar refractivity (Wildman–Crippen MR) is 65.4 cm³/mol. The Morgan fingerprint density at radius 3 is 2.60 bits per heavy atom. The zero-order valence-electron chi connectivity index (χ0n) is 9.24. The lowest BCUT2D eigenvalue weighted by Crippen LogP contribution is -2.39. The maximum atomic E-state index is 11.7. The first-order valence-corrected chi connectivity index (χ1v) is 6.45. The molecule has 1 unspecified atom stereocenters. The minimum absolute atomic E-state index is 0.00892. The predicted octanol–water partition coefficient (Wildman–Crippen LogP) is 3.28. The molecule has 4 heteroatoms.